The van der Waals surface area contributed by atoms with E-state index in [4.69, 9.17) is 4.74 Å². The van der Waals surface area contributed by atoms with Crippen molar-refractivity contribution in [1.82, 2.24) is 5.32 Å². The summed E-state index contributed by atoms with van der Waals surface area (Å²) >= 11 is 0. The lowest BCUT2D eigenvalue weighted by Crippen LogP contribution is -2.46. The predicted molar refractivity (Wildman–Crippen MR) is 291 cm³/mol. The lowest BCUT2D eigenvalue weighted by molar-refractivity contribution is -0.151. The predicted octanol–water partition coefficient (Wildman–Crippen LogP) is 17.5. The molecular weight excluding hydrogens is 827 g/mol. The van der Waals surface area contributed by atoms with E-state index < -0.39 is 18.2 Å². The Balaban J connectivity index is 4.68. The van der Waals surface area contributed by atoms with Gasteiger partial charge in [-0.1, -0.05) is 266 Å². The Hall–Kier alpha value is -2.96. The molecule has 0 aromatic rings. The minimum Gasteiger partial charge on any atom is -0.462 e. The zero-order valence-corrected chi connectivity index (χ0v) is 44.0. The van der Waals surface area contributed by atoms with Crippen LogP contribution in [0, 0.1) is 0 Å². The van der Waals surface area contributed by atoms with Crippen molar-refractivity contribution in [3.8, 4) is 0 Å². The van der Waals surface area contributed by atoms with Crippen molar-refractivity contribution in [3.63, 3.8) is 0 Å². The van der Waals surface area contributed by atoms with Gasteiger partial charge in [-0.05, 0) is 70.6 Å². The molecule has 0 aromatic heterocycles. The van der Waals surface area contributed by atoms with Gasteiger partial charge >= 0.3 is 5.97 Å². The molecule has 67 heavy (non-hydrogen) atoms. The van der Waals surface area contributed by atoms with E-state index in [2.05, 4.69) is 62.5 Å². The molecule has 3 atom stereocenters. The maximum absolute atomic E-state index is 13.3. The van der Waals surface area contributed by atoms with E-state index in [-0.39, 0.29) is 24.9 Å². The van der Waals surface area contributed by atoms with Gasteiger partial charge in [-0.3, -0.25) is 9.59 Å². The summed E-state index contributed by atoms with van der Waals surface area (Å²) in [5.41, 5.74) is 0. The van der Waals surface area contributed by atoms with Crippen molar-refractivity contribution in [1.29, 1.82) is 0 Å². The second kappa shape index (κ2) is 54.0. The lowest BCUT2D eigenvalue weighted by Gasteiger charge is -2.24. The number of hydrogen-bond acceptors (Lipinski definition) is 5. The number of ether oxygens (including phenoxy) is 1. The van der Waals surface area contributed by atoms with E-state index in [1.165, 1.54) is 148 Å². The Morgan fingerprint density at radius 1 is 0.448 bits per heavy atom. The van der Waals surface area contributed by atoms with Gasteiger partial charge in [-0.15, -0.1) is 0 Å². The molecule has 0 bridgehead atoms. The molecule has 0 saturated carbocycles. The van der Waals surface area contributed by atoms with Crippen LogP contribution in [0.5, 0.6) is 0 Å². The first-order valence-corrected chi connectivity index (χ1v) is 28.4. The van der Waals surface area contributed by atoms with Gasteiger partial charge in [0.2, 0.25) is 5.91 Å². The van der Waals surface area contributed by atoms with E-state index in [1.54, 1.807) is 0 Å². The van der Waals surface area contributed by atoms with Gasteiger partial charge in [0.25, 0.3) is 0 Å². The SMILES string of the molecule is CC\C=C/C=C/C=C/C=C\C=C\C=C\CCCCCC(=O)OC(CCCCCCCCC/C=C/CCCCCCCC)CC(=O)NC(CO)C(O)CCCCCCCCCCCCCCCC. The first-order valence-electron chi connectivity index (χ1n) is 28.4. The first-order chi connectivity index (χ1) is 33.0. The number of carbonyl (C=O) groups is 2. The van der Waals surface area contributed by atoms with Crippen LogP contribution in [0.1, 0.15) is 265 Å². The van der Waals surface area contributed by atoms with Gasteiger partial charge < -0.3 is 20.3 Å². The highest BCUT2D eigenvalue weighted by atomic mass is 16.5. The molecule has 6 heteroatoms. The topological polar surface area (TPSA) is 95.9 Å². The van der Waals surface area contributed by atoms with Crippen molar-refractivity contribution in [2.75, 3.05) is 6.61 Å². The molecule has 0 aliphatic heterocycles. The zero-order valence-electron chi connectivity index (χ0n) is 44.0. The molecule has 3 unspecified atom stereocenters. The molecule has 0 spiro atoms. The van der Waals surface area contributed by atoms with Crippen LogP contribution in [-0.4, -0.2) is 46.9 Å². The number of amides is 1. The number of allylic oxidation sites excluding steroid dienone is 14. The van der Waals surface area contributed by atoms with E-state index in [0.29, 0.717) is 19.3 Å². The van der Waals surface area contributed by atoms with Crippen molar-refractivity contribution >= 4 is 11.9 Å². The molecule has 386 valence electrons. The van der Waals surface area contributed by atoms with E-state index in [9.17, 15) is 19.8 Å². The monoisotopic (exact) mass is 934 g/mol. The zero-order chi connectivity index (χ0) is 48.8. The summed E-state index contributed by atoms with van der Waals surface area (Å²) in [4.78, 5) is 26.3. The fourth-order valence-corrected chi connectivity index (χ4v) is 8.34. The number of nitrogens with one attached hydrogen (secondary N) is 1. The number of hydrogen-bond donors (Lipinski definition) is 3. The average molecular weight is 935 g/mol. The molecule has 0 fully saturated rings. The molecule has 0 aliphatic carbocycles. The number of esters is 1. The van der Waals surface area contributed by atoms with E-state index >= 15 is 0 Å². The molecule has 1 amide bonds. The van der Waals surface area contributed by atoms with Gasteiger partial charge in [0, 0.05) is 6.42 Å². The Kier molecular flexibility index (Phi) is 51.6. The third kappa shape index (κ3) is 49.3. The second-order valence-corrected chi connectivity index (χ2v) is 19.1. The average Bonchev–Trinajstić information content (AvgIpc) is 3.32. The summed E-state index contributed by atoms with van der Waals surface area (Å²) in [6, 6.07) is -0.717. The Labute approximate surface area is 414 Å². The summed E-state index contributed by atoms with van der Waals surface area (Å²) in [5.74, 6) is -0.527. The molecule has 0 radical (unpaired) electrons. The van der Waals surface area contributed by atoms with Crippen molar-refractivity contribution in [2.45, 2.75) is 283 Å². The Morgan fingerprint density at radius 2 is 0.821 bits per heavy atom. The number of carbonyl (C=O) groups excluding carboxylic acids is 2. The van der Waals surface area contributed by atoms with Gasteiger partial charge in [-0.25, -0.2) is 0 Å². The Morgan fingerprint density at radius 3 is 1.27 bits per heavy atom. The van der Waals surface area contributed by atoms with Gasteiger partial charge in [0.05, 0.1) is 25.2 Å². The van der Waals surface area contributed by atoms with Crippen molar-refractivity contribution in [3.05, 3.63) is 85.1 Å². The lowest BCUT2D eigenvalue weighted by atomic mass is 10.0. The van der Waals surface area contributed by atoms with Gasteiger partial charge in [0.15, 0.2) is 0 Å². The third-order valence-electron chi connectivity index (χ3n) is 12.6. The van der Waals surface area contributed by atoms with Crippen LogP contribution < -0.4 is 5.32 Å². The smallest absolute Gasteiger partial charge is 0.306 e. The highest BCUT2D eigenvalue weighted by Crippen LogP contribution is 2.18. The normalized spacial score (nSPS) is 13.8. The van der Waals surface area contributed by atoms with Crippen LogP contribution in [-0.2, 0) is 14.3 Å². The number of aliphatic hydroxyl groups is 2. The van der Waals surface area contributed by atoms with Gasteiger partial charge in [-0.2, -0.15) is 0 Å². The fraction of sp³-hybridized carbons (Fsp3) is 0.738. The van der Waals surface area contributed by atoms with Crippen LogP contribution in [0.25, 0.3) is 0 Å². The highest BCUT2D eigenvalue weighted by molar-refractivity contribution is 5.77. The summed E-state index contributed by atoms with van der Waals surface area (Å²) in [6.45, 7) is 6.34. The largest absolute Gasteiger partial charge is 0.462 e. The Bertz CT molecular complexity index is 1280. The van der Waals surface area contributed by atoms with Crippen LogP contribution in [0.15, 0.2) is 85.1 Å². The van der Waals surface area contributed by atoms with Crippen molar-refractivity contribution in [2.24, 2.45) is 0 Å². The highest BCUT2D eigenvalue weighted by Gasteiger charge is 2.24. The number of aliphatic hydroxyl groups excluding tert-OH is 2. The van der Waals surface area contributed by atoms with Crippen LogP contribution in [0.3, 0.4) is 0 Å². The number of unbranched alkanes of at least 4 members (excludes halogenated alkanes) is 29. The van der Waals surface area contributed by atoms with Gasteiger partial charge in [0.1, 0.15) is 6.10 Å². The molecule has 0 rings (SSSR count). The molecular formula is C61H107NO5. The van der Waals surface area contributed by atoms with Crippen LogP contribution in [0.2, 0.25) is 0 Å². The second-order valence-electron chi connectivity index (χ2n) is 19.1. The standard InChI is InChI=1S/C61H107NO5/c1-4-7-10-13-16-19-22-25-28-30-32-34-37-40-43-46-49-52-57(67-61(66)54-51-48-45-42-39-36-33-31-29-26-23-20-17-14-11-8-5-2)55-60(65)62-58(56-63)59(64)53-50-47-44-41-38-35-27-24-21-18-15-12-9-6-3/h8,11,14,17,20,23,25-26,28-29,31,33,36,39,57-59,63-64H,4-7,9-10,12-13,15-16,18-19,21-22,24,27,30,32,34-35,37-38,40-56H2,1-3H3,(H,62,65)/b11-8-,17-14+,23-20+,28-25+,29-26-,33-31+,39-36+. The molecule has 0 saturated heterocycles. The maximum Gasteiger partial charge on any atom is 0.306 e. The maximum atomic E-state index is 13.3. The summed E-state index contributed by atoms with van der Waals surface area (Å²) in [5, 5.41) is 23.9. The minimum absolute atomic E-state index is 0.0532. The molecule has 0 heterocycles. The van der Waals surface area contributed by atoms with Crippen LogP contribution >= 0.6 is 0 Å². The van der Waals surface area contributed by atoms with E-state index in [0.717, 1.165) is 70.6 Å². The van der Waals surface area contributed by atoms with Crippen molar-refractivity contribution < 1.29 is 24.5 Å². The summed E-state index contributed by atoms with van der Waals surface area (Å²) < 4.78 is 5.94. The minimum atomic E-state index is -0.802. The third-order valence-corrected chi connectivity index (χ3v) is 12.6. The molecule has 3 N–H and O–H groups in total. The molecule has 0 aliphatic rings. The van der Waals surface area contributed by atoms with E-state index in [1.807, 2.05) is 48.6 Å². The number of rotatable bonds is 50. The molecule has 6 nitrogen and oxygen atoms in total. The van der Waals surface area contributed by atoms with Crippen LogP contribution in [0.4, 0.5) is 0 Å². The fourth-order valence-electron chi connectivity index (χ4n) is 8.34. The first kappa shape index (κ1) is 64.0. The quantitative estimate of drug-likeness (QED) is 0.0244. The summed E-state index contributed by atoms with van der Waals surface area (Å²) in [6.07, 6.45) is 70.7. The summed E-state index contributed by atoms with van der Waals surface area (Å²) in [7, 11) is 0. The molecule has 0 aromatic carbocycles.